The van der Waals surface area contributed by atoms with Crippen molar-refractivity contribution in [1.29, 1.82) is 0 Å². The molecule has 4 nitrogen and oxygen atoms in total. The predicted molar refractivity (Wildman–Crippen MR) is 83.5 cm³/mol. The molecule has 0 unspecified atom stereocenters. The van der Waals surface area contributed by atoms with Gasteiger partial charge in [0.05, 0.1) is 24.7 Å². The van der Waals surface area contributed by atoms with Crippen LogP contribution in [0.3, 0.4) is 0 Å². The topological polar surface area (TPSA) is 38.2 Å². The Morgan fingerprint density at radius 2 is 2.00 bits per heavy atom. The minimum Gasteiger partial charge on any atom is -0.497 e. The van der Waals surface area contributed by atoms with Gasteiger partial charge in [-0.05, 0) is 45.1 Å². The second-order valence-corrected chi connectivity index (χ2v) is 5.64. The highest BCUT2D eigenvalue weighted by Gasteiger charge is 2.20. The van der Waals surface area contributed by atoms with Gasteiger partial charge in [-0.15, -0.1) is 0 Å². The van der Waals surface area contributed by atoms with Crippen molar-refractivity contribution in [3.8, 4) is 17.0 Å². The fourth-order valence-electron chi connectivity index (χ4n) is 2.80. The Kier molecular flexibility index (Phi) is 4.15. The van der Waals surface area contributed by atoms with Crippen LogP contribution in [0.15, 0.2) is 36.7 Å². The van der Waals surface area contributed by atoms with E-state index in [4.69, 9.17) is 9.72 Å². The summed E-state index contributed by atoms with van der Waals surface area (Å²) in [5, 5.41) is 0. The van der Waals surface area contributed by atoms with Crippen molar-refractivity contribution in [2.45, 2.75) is 18.8 Å². The van der Waals surface area contributed by atoms with E-state index in [1.807, 2.05) is 36.7 Å². The van der Waals surface area contributed by atoms with Gasteiger partial charge in [-0.3, -0.25) is 4.98 Å². The van der Waals surface area contributed by atoms with Gasteiger partial charge in [-0.1, -0.05) is 12.1 Å². The first-order valence-corrected chi connectivity index (χ1v) is 7.41. The van der Waals surface area contributed by atoms with E-state index in [2.05, 4.69) is 16.9 Å². The van der Waals surface area contributed by atoms with Crippen molar-refractivity contribution >= 4 is 0 Å². The van der Waals surface area contributed by atoms with E-state index >= 15 is 0 Å². The summed E-state index contributed by atoms with van der Waals surface area (Å²) in [6.07, 6.45) is 6.06. The van der Waals surface area contributed by atoms with Crippen LogP contribution in [0.2, 0.25) is 0 Å². The fraction of sp³-hybridized carbons (Fsp3) is 0.412. The van der Waals surface area contributed by atoms with E-state index < -0.39 is 0 Å². The molecular weight excluding hydrogens is 262 g/mol. The summed E-state index contributed by atoms with van der Waals surface area (Å²) >= 11 is 0. The summed E-state index contributed by atoms with van der Waals surface area (Å²) in [6.45, 7) is 2.27. The van der Waals surface area contributed by atoms with Crippen LogP contribution < -0.4 is 4.74 Å². The molecule has 1 aliphatic heterocycles. The molecule has 0 saturated carbocycles. The first-order chi connectivity index (χ1) is 10.3. The van der Waals surface area contributed by atoms with Crippen molar-refractivity contribution in [2.24, 2.45) is 0 Å². The highest BCUT2D eigenvalue weighted by Crippen LogP contribution is 2.28. The summed E-state index contributed by atoms with van der Waals surface area (Å²) in [6, 6.07) is 7.98. The molecule has 0 radical (unpaired) electrons. The number of likely N-dealkylation sites (tertiary alicyclic amines) is 1. The Balaban J connectivity index is 1.85. The average Bonchev–Trinajstić information content (AvgIpc) is 2.56. The Morgan fingerprint density at radius 1 is 1.19 bits per heavy atom. The van der Waals surface area contributed by atoms with Crippen LogP contribution in [0.1, 0.15) is 24.5 Å². The number of methoxy groups -OCH3 is 1. The first kappa shape index (κ1) is 14.0. The largest absolute Gasteiger partial charge is 0.497 e. The van der Waals surface area contributed by atoms with E-state index in [1.165, 1.54) is 0 Å². The van der Waals surface area contributed by atoms with Gasteiger partial charge in [-0.2, -0.15) is 0 Å². The van der Waals surface area contributed by atoms with E-state index in [0.717, 1.165) is 48.6 Å². The van der Waals surface area contributed by atoms with Crippen LogP contribution in [-0.4, -0.2) is 42.1 Å². The van der Waals surface area contributed by atoms with Crippen molar-refractivity contribution < 1.29 is 4.74 Å². The quantitative estimate of drug-likeness (QED) is 0.868. The van der Waals surface area contributed by atoms with E-state index in [0.29, 0.717) is 5.92 Å². The predicted octanol–water partition coefficient (Wildman–Crippen LogP) is 2.96. The molecule has 2 aromatic rings. The Bertz CT molecular complexity index is 606. The molecule has 0 N–H and O–H groups in total. The second-order valence-electron chi connectivity index (χ2n) is 5.64. The smallest absolute Gasteiger partial charge is 0.119 e. The molecule has 0 bridgehead atoms. The lowest BCUT2D eigenvalue weighted by molar-refractivity contribution is 0.253. The number of benzene rings is 1. The maximum atomic E-state index is 5.28. The van der Waals surface area contributed by atoms with Crippen molar-refractivity contribution in [1.82, 2.24) is 14.9 Å². The number of aromatic nitrogens is 2. The second kappa shape index (κ2) is 6.22. The van der Waals surface area contributed by atoms with E-state index in [9.17, 15) is 0 Å². The van der Waals surface area contributed by atoms with Crippen molar-refractivity contribution in [3.63, 3.8) is 0 Å². The molecule has 0 aliphatic carbocycles. The Morgan fingerprint density at radius 3 is 2.76 bits per heavy atom. The molecule has 0 amide bonds. The number of nitrogens with zero attached hydrogens (tertiary/aromatic N) is 3. The molecule has 1 aromatic heterocycles. The number of piperidine rings is 1. The summed E-state index contributed by atoms with van der Waals surface area (Å²) in [5.41, 5.74) is 3.09. The van der Waals surface area contributed by atoms with E-state index in [1.54, 1.807) is 7.11 Å². The highest BCUT2D eigenvalue weighted by molar-refractivity contribution is 5.60. The third kappa shape index (κ3) is 3.22. The zero-order chi connectivity index (χ0) is 14.7. The van der Waals surface area contributed by atoms with Gasteiger partial charge < -0.3 is 9.64 Å². The van der Waals surface area contributed by atoms with Crippen molar-refractivity contribution in [3.05, 3.63) is 42.4 Å². The molecule has 0 spiro atoms. The molecule has 1 aliphatic rings. The molecule has 4 heteroatoms. The number of rotatable bonds is 3. The lowest BCUT2D eigenvalue weighted by atomic mass is 9.94. The molecule has 3 rings (SSSR count). The lowest BCUT2D eigenvalue weighted by Crippen LogP contribution is -2.29. The summed E-state index contributed by atoms with van der Waals surface area (Å²) in [4.78, 5) is 11.6. The van der Waals surface area contributed by atoms with Crippen LogP contribution in [0.5, 0.6) is 5.75 Å². The molecule has 0 atom stereocenters. The van der Waals surface area contributed by atoms with Gasteiger partial charge in [0.15, 0.2) is 0 Å². The Hall–Kier alpha value is -1.94. The van der Waals surface area contributed by atoms with Crippen LogP contribution in [0.4, 0.5) is 0 Å². The molecule has 110 valence electrons. The van der Waals surface area contributed by atoms with Gasteiger partial charge in [0.25, 0.3) is 0 Å². The monoisotopic (exact) mass is 283 g/mol. The zero-order valence-electron chi connectivity index (χ0n) is 12.6. The summed E-state index contributed by atoms with van der Waals surface area (Å²) in [7, 11) is 3.86. The number of hydrogen-bond acceptors (Lipinski definition) is 4. The summed E-state index contributed by atoms with van der Waals surface area (Å²) in [5.74, 6) is 1.37. The van der Waals surface area contributed by atoms with Crippen LogP contribution in [-0.2, 0) is 0 Å². The van der Waals surface area contributed by atoms with Crippen LogP contribution in [0, 0.1) is 0 Å². The Labute approximate surface area is 125 Å². The van der Waals surface area contributed by atoms with E-state index in [-0.39, 0.29) is 0 Å². The van der Waals surface area contributed by atoms with Crippen LogP contribution in [0.25, 0.3) is 11.3 Å². The van der Waals surface area contributed by atoms with Crippen LogP contribution >= 0.6 is 0 Å². The number of ether oxygens (including phenoxy) is 1. The third-order valence-corrected chi connectivity index (χ3v) is 4.16. The SMILES string of the molecule is COc1cccc(-c2cncc(C3CCN(C)CC3)n2)c1. The van der Waals surface area contributed by atoms with Gasteiger partial charge in [0.2, 0.25) is 0 Å². The summed E-state index contributed by atoms with van der Waals surface area (Å²) < 4.78 is 5.28. The third-order valence-electron chi connectivity index (χ3n) is 4.16. The zero-order valence-corrected chi connectivity index (χ0v) is 12.6. The van der Waals surface area contributed by atoms with Gasteiger partial charge >= 0.3 is 0 Å². The standard InChI is InChI=1S/C17H21N3O/c1-20-8-6-13(7-9-20)16-11-18-12-17(19-16)14-4-3-5-15(10-14)21-2/h3-5,10-13H,6-9H2,1-2H3. The molecule has 2 heterocycles. The highest BCUT2D eigenvalue weighted by atomic mass is 16.5. The molecule has 1 saturated heterocycles. The molecule has 1 aromatic carbocycles. The maximum Gasteiger partial charge on any atom is 0.119 e. The molecule has 1 fully saturated rings. The van der Waals surface area contributed by atoms with Crippen molar-refractivity contribution in [2.75, 3.05) is 27.2 Å². The maximum absolute atomic E-state index is 5.28. The minimum absolute atomic E-state index is 0.527. The molecular formula is C17H21N3O. The minimum atomic E-state index is 0.527. The average molecular weight is 283 g/mol. The normalized spacial score (nSPS) is 16.9. The van der Waals surface area contributed by atoms with Gasteiger partial charge in [0.1, 0.15) is 5.75 Å². The van der Waals surface area contributed by atoms with Gasteiger partial charge in [-0.25, -0.2) is 4.98 Å². The lowest BCUT2D eigenvalue weighted by Gasteiger charge is -2.28. The first-order valence-electron chi connectivity index (χ1n) is 7.41. The fourth-order valence-corrected chi connectivity index (χ4v) is 2.80. The molecule has 21 heavy (non-hydrogen) atoms. The van der Waals surface area contributed by atoms with Gasteiger partial charge in [0, 0.05) is 17.7 Å². The number of hydrogen-bond donors (Lipinski definition) is 0.